The molecule has 2 aromatic rings. The molecule has 3 rings (SSSR count). The number of carbonyl (C=O) groups is 1. The molecule has 0 radical (unpaired) electrons. The number of aryl methyl sites for hydroxylation is 1. The van der Waals surface area contributed by atoms with Crippen molar-refractivity contribution in [2.24, 2.45) is 0 Å². The van der Waals surface area contributed by atoms with E-state index in [2.05, 4.69) is 15.6 Å². The Morgan fingerprint density at radius 3 is 2.71 bits per heavy atom. The van der Waals surface area contributed by atoms with Gasteiger partial charge in [-0.3, -0.25) is 4.79 Å². The molecule has 1 fully saturated rings. The zero-order valence-electron chi connectivity index (χ0n) is 12.2. The molecule has 2 heterocycles. The lowest BCUT2D eigenvalue weighted by molar-refractivity contribution is 0.0935. The second-order valence-corrected chi connectivity index (χ2v) is 5.49. The highest BCUT2D eigenvalue weighted by Gasteiger charge is 2.21. The normalized spacial score (nSPS) is 15.5. The number of hydrogen-bond acceptors (Lipinski definition) is 4. The number of anilines is 1. The molecule has 5 heteroatoms. The Labute approximate surface area is 123 Å². The summed E-state index contributed by atoms with van der Waals surface area (Å²) in [6.07, 6.45) is 3.99. The van der Waals surface area contributed by atoms with Crippen molar-refractivity contribution in [1.82, 2.24) is 10.3 Å². The quantitative estimate of drug-likeness (QED) is 0.886. The maximum atomic E-state index is 12.2. The average Bonchev–Trinajstić information content (AvgIpc) is 3.17. The SMILES string of the molecule is Cc1ccc([C@@H](C)NC(=O)c2ccc(NC3CC3)nc2)o1. The summed E-state index contributed by atoms with van der Waals surface area (Å²) in [5.74, 6) is 2.26. The van der Waals surface area contributed by atoms with Crippen LogP contribution in [0.1, 0.15) is 47.7 Å². The lowest BCUT2D eigenvalue weighted by Gasteiger charge is -2.11. The largest absolute Gasteiger partial charge is 0.464 e. The first-order valence-corrected chi connectivity index (χ1v) is 7.21. The second kappa shape index (κ2) is 5.60. The maximum Gasteiger partial charge on any atom is 0.253 e. The van der Waals surface area contributed by atoms with Crippen molar-refractivity contribution in [3.63, 3.8) is 0 Å². The zero-order valence-corrected chi connectivity index (χ0v) is 12.2. The Hall–Kier alpha value is -2.30. The van der Waals surface area contributed by atoms with E-state index in [1.807, 2.05) is 32.0 Å². The van der Waals surface area contributed by atoms with Crippen LogP contribution < -0.4 is 10.6 Å². The van der Waals surface area contributed by atoms with Gasteiger partial charge in [0.15, 0.2) is 0 Å². The van der Waals surface area contributed by atoms with Gasteiger partial charge >= 0.3 is 0 Å². The summed E-state index contributed by atoms with van der Waals surface area (Å²) in [5.41, 5.74) is 0.548. The van der Waals surface area contributed by atoms with Gasteiger partial charge in [0.1, 0.15) is 17.3 Å². The number of hydrogen-bond donors (Lipinski definition) is 2. The van der Waals surface area contributed by atoms with E-state index in [1.54, 1.807) is 12.3 Å². The van der Waals surface area contributed by atoms with E-state index in [-0.39, 0.29) is 11.9 Å². The first kappa shape index (κ1) is 13.7. The van der Waals surface area contributed by atoms with E-state index in [1.165, 1.54) is 12.8 Å². The Kier molecular flexibility index (Phi) is 3.64. The molecule has 1 aliphatic carbocycles. The van der Waals surface area contributed by atoms with Gasteiger partial charge in [0, 0.05) is 12.2 Å². The molecule has 0 bridgehead atoms. The molecule has 2 aromatic heterocycles. The van der Waals surface area contributed by atoms with E-state index in [4.69, 9.17) is 4.42 Å². The summed E-state index contributed by atoms with van der Waals surface area (Å²) < 4.78 is 5.51. The molecule has 1 saturated carbocycles. The van der Waals surface area contributed by atoms with Crippen molar-refractivity contribution < 1.29 is 9.21 Å². The summed E-state index contributed by atoms with van der Waals surface area (Å²) >= 11 is 0. The zero-order chi connectivity index (χ0) is 14.8. The van der Waals surface area contributed by atoms with Crippen molar-refractivity contribution in [1.29, 1.82) is 0 Å². The fourth-order valence-electron chi connectivity index (χ4n) is 2.09. The van der Waals surface area contributed by atoms with Crippen LogP contribution in [0.3, 0.4) is 0 Å². The van der Waals surface area contributed by atoms with Gasteiger partial charge < -0.3 is 15.1 Å². The maximum absolute atomic E-state index is 12.2. The van der Waals surface area contributed by atoms with Gasteiger partial charge in [-0.2, -0.15) is 0 Å². The third-order valence-corrected chi connectivity index (χ3v) is 3.49. The van der Waals surface area contributed by atoms with Gasteiger partial charge in [0.05, 0.1) is 11.6 Å². The van der Waals surface area contributed by atoms with Crippen molar-refractivity contribution in [2.45, 2.75) is 38.8 Å². The minimum atomic E-state index is -0.171. The molecule has 0 aliphatic heterocycles. The van der Waals surface area contributed by atoms with Gasteiger partial charge in [0.2, 0.25) is 0 Å². The minimum absolute atomic E-state index is 0.151. The van der Waals surface area contributed by atoms with Crippen LogP contribution in [0.5, 0.6) is 0 Å². The number of nitrogens with zero attached hydrogens (tertiary/aromatic N) is 1. The Morgan fingerprint density at radius 2 is 2.14 bits per heavy atom. The van der Waals surface area contributed by atoms with Gasteiger partial charge in [-0.15, -0.1) is 0 Å². The van der Waals surface area contributed by atoms with Crippen LogP contribution in [0.15, 0.2) is 34.9 Å². The number of aromatic nitrogens is 1. The molecule has 1 atom stereocenters. The summed E-state index contributed by atoms with van der Waals surface area (Å²) in [5, 5.41) is 6.20. The van der Waals surface area contributed by atoms with Crippen molar-refractivity contribution in [3.05, 3.63) is 47.5 Å². The fourth-order valence-corrected chi connectivity index (χ4v) is 2.09. The summed E-state index contributed by atoms with van der Waals surface area (Å²) in [4.78, 5) is 16.4. The first-order chi connectivity index (χ1) is 10.1. The lowest BCUT2D eigenvalue weighted by atomic mass is 10.2. The van der Waals surface area contributed by atoms with E-state index in [9.17, 15) is 4.79 Å². The summed E-state index contributed by atoms with van der Waals surface area (Å²) in [6.45, 7) is 3.78. The van der Waals surface area contributed by atoms with E-state index in [0.717, 1.165) is 17.3 Å². The van der Waals surface area contributed by atoms with Gasteiger partial charge in [0.25, 0.3) is 5.91 Å². The topological polar surface area (TPSA) is 67.2 Å². The van der Waals surface area contributed by atoms with E-state index >= 15 is 0 Å². The Morgan fingerprint density at radius 1 is 1.33 bits per heavy atom. The highest BCUT2D eigenvalue weighted by atomic mass is 16.3. The monoisotopic (exact) mass is 285 g/mol. The van der Waals surface area contributed by atoms with Crippen LogP contribution in [0.2, 0.25) is 0 Å². The van der Waals surface area contributed by atoms with Crippen LogP contribution in [0.4, 0.5) is 5.82 Å². The average molecular weight is 285 g/mol. The van der Waals surface area contributed by atoms with Gasteiger partial charge in [-0.1, -0.05) is 0 Å². The molecule has 0 aromatic carbocycles. The number of rotatable bonds is 5. The van der Waals surface area contributed by atoms with Crippen molar-refractivity contribution in [2.75, 3.05) is 5.32 Å². The number of carbonyl (C=O) groups excluding carboxylic acids is 1. The third-order valence-electron chi connectivity index (χ3n) is 3.49. The molecule has 5 nitrogen and oxygen atoms in total. The number of furan rings is 1. The number of amides is 1. The van der Waals surface area contributed by atoms with Crippen LogP contribution in [-0.2, 0) is 0 Å². The first-order valence-electron chi connectivity index (χ1n) is 7.21. The Balaban J connectivity index is 1.61. The predicted octanol–water partition coefficient (Wildman–Crippen LogP) is 3.05. The fraction of sp³-hybridized carbons (Fsp3) is 0.375. The third kappa shape index (κ3) is 3.42. The molecule has 0 spiro atoms. The minimum Gasteiger partial charge on any atom is -0.464 e. The Bertz CT molecular complexity index is 629. The molecule has 0 unspecified atom stereocenters. The molecular formula is C16H19N3O2. The van der Waals surface area contributed by atoms with Crippen LogP contribution >= 0.6 is 0 Å². The number of nitrogens with one attached hydrogen (secondary N) is 2. The van der Waals surface area contributed by atoms with Gasteiger partial charge in [-0.05, 0) is 51.0 Å². The standard InChI is InChI=1S/C16H19N3O2/c1-10-3-7-14(21-10)11(2)18-16(20)12-4-8-15(17-9-12)19-13-5-6-13/h3-4,7-9,11,13H,5-6H2,1-2H3,(H,17,19)(H,18,20)/t11-/m1/s1. The molecule has 1 amide bonds. The predicted molar refractivity (Wildman–Crippen MR) is 80.2 cm³/mol. The summed E-state index contributed by atoms with van der Waals surface area (Å²) in [7, 11) is 0. The second-order valence-electron chi connectivity index (χ2n) is 5.49. The van der Waals surface area contributed by atoms with Gasteiger partial charge in [-0.25, -0.2) is 4.98 Å². The highest BCUT2D eigenvalue weighted by Crippen LogP contribution is 2.23. The summed E-state index contributed by atoms with van der Waals surface area (Å²) in [6, 6.07) is 7.77. The molecule has 21 heavy (non-hydrogen) atoms. The molecule has 1 aliphatic rings. The lowest BCUT2D eigenvalue weighted by Crippen LogP contribution is -2.26. The van der Waals surface area contributed by atoms with Crippen molar-refractivity contribution in [3.8, 4) is 0 Å². The van der Waals surface area contributed by atoms with Crippen LogP contribution in [-0.4, -0.2) is 16.9 Å². The molecule has 110 valence electrons. The van der Waals surface area contributed by atoms with E-state index in [0.29, 0.717) is 11.6 Å². The van der Waals surface area contributed by atoms with Crippen molar-refractivity contribution >= 4 is 11.7 Å². The van der Waals surface area contributed by atoms with E-state index < -0.39 is 0 Å². The highest BCUT2D eigenvalue weighted by molar-refractivity contribution is 5.94. The molecular weight excluding hydrogens is 266 g/mol. The number of pyridine rings is 1. The molecule has 0 saturated heterocycles. The van der Waals surface area contributed by atoms with Crippen LogP contribution in [0, 0.1) is 6.92 Å². The molecule has 2 N–H and O–H groups in total. The smallest absolute Gasteiger partial charge is 0.253 e. The van der Waals surface area contributed by atoms with Crippen LogP contribution in [0.25, 0.3) is 0 Å².